The molecule has 0 saturated heterocycles. The van der Waals surface area contributed by atoms with E-state index in [4.69, 9.17) is 11.6 Å². The lowest BCUT2D eigenvalue weighted by molar-refractivity contribution is -0.124. The summed E-state index contributed by atoms with van der Waals surface area (Å²) in [6, 6.07) is 7.82. The van der Waals surface area contributed by atoms with Crippen LogP contribution in [0.2, 0.25) is 5.02 Å². The van der Waals surface area contributed by atoms with Crippen LogP contribution in [0.5, 0.6) is 0 Å². The Morgan fingerprint density at radius 2 is 2.00 bits per heavy atom. The van der Waals surface area contributed by atoms with Crippen LogP contribution < -0.4 is 10.6 Å². The Labute approximate surface area is 120 Å². The van der Waals surface area contributed by atoms with Crippen LogP contribution in [-0.2, 0) is 11.2 Å². The average molecular weight is 283 g/mol. The van der Waals surface area contributed by atoms with Gasteiger partial charge in [-0.25, -0.2) is 0 Å². The molecule has 0 heterocycles. The standard InChI is InChI=1S/C15H23ClN2O/c1-4-17-10-11(2)15(19)18-12(3)9-13-7-5-6-8-14(13)16/h5-8,11-12,17H,4,9-10H2,1-3H3,(H,18,19). The number of hydrogen-bond donors (Lipinski definition) is 2. The highest BCUT2D eigenvalue weighted by molar-refractivity contribution is 6.31. The van der Waals surface area contributed by atoms with Gasteiger partial charge >= 0.3 is 0 Å². The number of carbonyl (C=O) groups excluding carboxylic acids is 1. The van der Waals surface area contributed by atoms with E-state index in [0.717, 1.165) is 23.6 Å². The van der Waals surface area contributed by atoms with Crippen LogP contribution in [0.3, 0.4) is 0 Å². The Bertz CT molecular complexity index is 409. The maximum Gasteiger partial charge on any atom is 0.224 e. The van der Waals surface area contributed by atoms with Crippen molar-refractivity contribution in [3.8, 4) is 0 Å². The molecular formula is C15H23ClN2O. The van der Waals surface area contributed by atoms with Crippen LogP contribution in [0, 0.1) is 5.92 Å². The van der Waals surface area contributed by atoms with Crippen molar-refractivity contribution in [1.82, 2.24) is 10.6 Å². The lowest BCUT2D eigenvalue weighted by Gasteiger charge is -2.18. The molecule has 1 aromatic rings. The molecule has 0 aliphatic heterocycles. The molecule has 2 unspecified atom stereocenters. The van der Waals surface area contributed by atoms with Crippen molar-refractivity contribution in [2.24, 2.45) is 5.92 Å². The lowest BCUT2D eigenvalue weighted by atomic mass is 10.1. The van der Waals surface area contributed by atoms with E-state index in [9.17, 15) is 4.79 Å². The summed E-state index contributed by atoms with van der Waals surface area (Å²) in [5.74, 6) is 0.0640. The van der Waals surface area contributed by atoms with Crippen molar-refractivity contribution in [3.05, 3.63) is 34.9 Å². The minimum atomic E-state index is -0.0198. The minimum Gasteiger partial charge on any atom is -0.353 e. The first kappa shape index (κ1) is 16.0. The first-order chi connectivity index (χ1) is 9.04. The Balaban J connectivity index is 2.45. The van der Waals surface area contributed by atoms with E-state index in [1.54, 1.807) is 0 Å². The van der Waals surface area contributed by atoms with Crippen molar-refractivity contribution in [3.63, 3.8) is 0 Å². The van der Waals surface area contributed by atoms with Gasteiger partial charge in [0, 0.05) is 23.5 Å². The van der Waals surface area contributed by atoms with Gasteiger partial charge in [0.1, 0.15) is 0 Å². The second-order valence-corrected chi connectivity index (χ2v) is 5.32. The van der Waals surface area contributed by atoms with Gasteiger partial charge in [0.15, 0.2) is 0 Å². The molecule has 106 valence electrons. The van der Waals surface area contributed by atoms with Crippen molar-refractivity contribution in [2.45, 2.75) is 33.2 Å². The van der Waals surface area contributed by atoms with E-state index in [-0.39, 0.29) is 17.9 Å². The fraction of sp³-hybridized carbons (Fsp3) is 0.533. The maximum atomic E-state index is 12.0. The molecule has 3 nitrogen and oxygen atoms in total. The Morgan fingerprint density at radius 1 is 1.32 bits per heavy atom. The first-order valence-electron chi connectivity index (χ1n) is 6.79. The molecule has 0 aliphatic carbocycles. The number of carbonyl (C=O) groups is 1. The zero-order chi connectivity index (χ0) is 14.3. The van der Waals surface area contributed by atoms with E-state index in [1.165, 1.54) is 0 Å². The molecule has 19 heavy (non-hydrogen) atoms. The molecule has 1 amide bonds. The number of rotatable bonds is 7. The molecule has 0 bridgehead atoms. The zero-order valence-corrected chi connectivity index (χ0v) is 12.6. The number of halogens is 1. The largest absolute Gasteiger partial charge is 0.353 e. The molecule has 0 radical (unpaired) electrons. The topological polar surface area (TPSA) is 41.1 Å². The third-order valence-electron chi connectivity index (χ3n) is 3.02. The molecule has 1 aromatic carbocycles. The van der Waals surface area contributed by atoms with Crippen LogP contribution in [0.1, 0.15) is 26.3 Å². The molecular weight excluding hydrogens is 260 g/mol. The van der Waals surface area contributed by atoms with Gasteiger partial charge in [-0.15, -0.1) is 0 Å². The molecule has 1 rings (SSSR count). The minimum absolute atomic E-state index is 0.0198. The van der Waals surface area contributed by atoms with E-state index in [1.807, 2.05) is 45.0 Å². The van der Waals surface area contributed by atoms with E-state index < -0.39 is 0 Å². The van der Waals surface area contributed by atoms with Crippen LogP contribution in [-0.4, -0.2) is 25.0 Å². The van der Waals surface area contributed by atoms with Gasteiger partial charge in [-0.2, -0.15) is 0 Å². The maximum absolute atomic E-state index is 12.0. The number of hydrogen-bond acceptors (Lipinski definition) is 2. The highest BCUT2D eigenvalue weighted by Gasteiger charge is 2.15. The molecule has 0 spiro atoms. The van der Waals surface area contributed by atoms with Crippen molar-refractivity contribution in [2.75, 3.05) is 13.1 Å². The predicted octanol–water partition coefficient (Wildman–Crippen LogP) is 2.63. The van der Waals surface area contributed by atoms with Gasteiger partial charge in [0.25, 0.3) is 0 Å². The fourth-order valence-corrected chi connectivity index (χ4v) is 2.10. The quantitative estimate of drug-likeness (QED) is 0.807. The molecule has 4 heteroatoms. The number of nitrogens with one attached hydrogen (secondary N) is 2. The second-order valence-electron chi connectivity index (χ2n) is 4.91. The summed E-state index contributed by atoms with van der Waals surface area (Å²) in [4.78, 5) is 12.0. The molecule has 2 N–H and O–H groups in total. The van der Waals surface area contributed by atoms with E-state index in [0.29, 0.717) is 6.54 Å². The van der Waals surface area contributed by atoms with E-state index in [2.05, 4.69) is 10.6 Å². The van der Waals surface area contributed by atoms with Crippen molar-refractivity contribution < 1.29 is 4.79 Å². The number of benzene rings is 1. The first-order valence-corrected chi connectivity index (χ1v) is 7.16. The van der Waals surface area contributed by atoms with Crippen LogP contribution in [0.4, 0.5) is 0 Å². The van der Waals surface area contributed by atoms with Crippen molar-refractivity contribution >= 4 is 17.5 Å². The average Bonchev–Trinajstić information content (AvgIpc) is 2.38. The smallest absolute Gasteiger partial charge is 0.224 e. The van der Waals surface area contributed by atoms with Crippen LogP contribution >= 0.6 is 11.6 Å². The molecule has 0 fully saturated rings. The highest BCUT2D eigenvalue weighted by atomic mass is 35.5. The summed E-state index contributed by atoms with van der Waals surface area (Å²) in [5, 5.41) is 6.96. The van der Waals surface area contributed by atoms with E-state index >= 15 is 0 Å². The summed E-state index contributed by atoms with van der Waals surface area (Å²) in [5.41, 5.74) is 1.07. The van der Waals surface area contributed by atoms with Gasteiger partial charge in [-0.3, -0.25) is 4.79 Å². The third-order valence-corrected chi connectivity index (χ3v) is 3.39. The summed E-state index contributed by atoms with van der Waals surface area (Å²) < 4.78 is 0. The molecule has 2 atom stereocenters. The van der Waals surface area contributed by atoms with Gasteiger partial charge in [-0.1, -0.05) is 43.6 Å². The Morgan fingerprint density at radius 3 is 2.63 bits per heavy atom. The van der Waals surface area contributed by atoms with Crippen LogP contribution in [0.15, 0.2) is 24.3 Å². The van der Waals surface area contributed by atoms with Gasteiger partial charge in [-0.05, 0) is 31.5 Å². The van der Waals surface area contributed by atoms with Gasteiger partial charge < -0.3 is 10.6 Å². The normalized spacial score (nSPS) is 13.9. The predicted molar refractivity (Wildman–Crippen MR) is 80.5 cm³/mol. The SMILES string of the molecule is CCNCC(C)C(=O)NC(C)Cc1ccccc1Cl. The Kier molecular flexibility index (Phi) is 6.89. The zero-order valence-electron chi connectivity index (χ0n) is 11.9. The summed E-state index contributed by atoms with van der Waals surface area (Å²) >= 11 is 6.11. The van der Waals surface area contributed by atoms with Crippen molar-refractivity contribution in [1.29, 1.82) is 0 Å². The Hall–Kier alpha value is -1.06. The van der Waals surface area contributed by atoms with Gasteiger partial charge in [0.2, 0.25) is 5.91 Å². The molecule has 0 aromatic heterocycles. The second kappa shape index (κ2) is 8.18. The monoisotopic (exact) mass is 282 g/mol. The summed E-state index contributed by atoms with van der Waals surface area (Å²) in [6.45, 7) is 7.56. The highest BCUT2D eigenvalue weighted by Crippen LogP contribution is 2.16. The third kappa shape index (κ3) is 5.62. The summed E-state index contributed by atoms with van der Waals surface area (Å²) in [7, 11) is 0. The van der Waals surface area contributed by atoms with Gasteiger partial charge in [0.05, 0.1) is 0 Å². The van der Waals surface area contributed by atoms with Crippen LogP contribution in [0.25, 0.3) is 0 Å². The molecule has 0 saturated carbocycles. The number of amides is 1. The summed E-state index contributed by atoms with van der Waals surface area (Å²) in [6.07, 6.45) is 0.749. The molecule has 0 aliphatic rings. The fourth-order valence-electron chi connectivity index (χ4n) is 1.88. The lowest BCUT2D eigenvalue weighted by Crippen LogP contribution is -2.40.